The molecule has 3 N–H and O–H groups in total. The smallest absolute Gasteiger partial charge is 0.247 e. The van der Waals surface area contributed by atoms with Crippen LogP contribution < -0.4 is 19.5 Å². The largest absolute Gasteiger partial charge is 0.497 e. The van der Waals surface area contributed by atoms with E-state index in [4.69, 9.17) is 14.2 Å². The van der Waals surface area contributed by atoms with E-state index in [1.807, 2.05) is 42.5 Å². The highest BCUT2D eigenvalue weighted by Gasteiger charge is 2.42. The Bertz CT molecular complexity index is 1230. The van der Waals surface area contributed by atoms with Crippen LogP contribution >= 0.6 is 22.6 Å². The van der Waals surface area contributed by atoms with Gasteiger partial charge in [-0.05, 0) is 83.8 Å². The Labute approximate surface area is 255 Å². The summed E-state index contributed by atoms with van der Waals surface area (Å²) in [6.45, 7) is 0.232. The number of benzene rings is 2. The maximum absolute atomic E-state index is 14.0. The zero-order valence-electron chi connectivity index (χ0n) is 23.6. The number of hydrogen-bond acceptors (Lipinski definition) is 7. The first-order valence-electron chi connectivity index (χ1n) is 14.1. The van der Waals surface area contributed by atoms with E-state index in [0.29, 0.717) is 35.8 Å². The molecule has 0 bridgehead atoms. The summed E-state index contributed by atoms with van der Waals surface area (Å²) in [5, 5.41) is 23.7. The van der Waals surface area contributed by atoms with Gasteiger partial charge in [0.05, 0.1) is 30.4 Å². The maximum atomic E-state index is 14.0. The summed E-state index contributed by atoms with van der Waals surface area (Å²) >= 11 is 2.17. The summed E-state index contributed by atoms with van der Waals surface area (Å²) < 4.78 is 18.1. The van der Waals surface area contributed by atoms with Crippen molar-refractivity contribution >= 4 is 34.4 Å². The molecule has 222 valence electrons. The fourth-order valence-electron chi connectivity index (χ4n) is 5.63. The average Bonchev–Trinajstić information content (AvgIpc) is 3.53. The lowest BCUT2D eigenvalue weighted by Crippen LogP contribution is -2.56. The van der Waals surface area contributed by atoms with Crippen LogP contribution in [-0.4, -0.2) is 79.1 Å². The van der Waals surface area contributed by atoms with E-state index in [1.54, 1.807) is 25.2 Å². The minimum Gasteiger partial charge on any atom is -0.497 e. The van der Waals surface area contributed by atoms with Crippen molar-refractivity contribution in [1.82, 2.24) is 10.2 Å². The van der Waals surface area contributed by atoms with Gasteiger partial charge in [-0.15, -0.1) is 0 Å². The molecule has 0 radical (unpaired) electrons. The lowest BCUT2D eigenvalue weighted by Gasteiger charge is -2.41. The molecule has 0 heterocycles. The molecular formula is C31H39IN2O7. The number of hydrogen-bond donors (Lipinski definition) is 3. The Morgan fingerprint density at radius 1 is 1.07 bits per heavy atom. The van der Waals surface area contributed by atoms with E-state index < -0.39 is 18.2 Å². The zero-order valence-corrected chi connectivity index (χ0v) is 25.7. The van der Waals surface area contributed by atoms with Crippen molar-refractivity contribution < 1.29 is 34.0 Å². The summed E-state index contributed by atoms with van der Waals surface area (Å²) in [4.78, 5) is 28.9. The summed E-state index contributed by atoms with van der Waals surface area (Å²) in [5.41, 5.74) is 1.29. The van der Waals surface area contributed by atoms with Gasteiger partial charge in [0.2, 0.25) is 11.8 Å². The first kappa shape index (κ1) is 31.1. The van der Waals surface area contributed by atoms with Crippen molar-refractivity contribution in [1.29, 1.82) is 0 Å². The molecule has 0 spiro atoms. The van der Waals surface area contributed by atoms with Crippen LogP contribution in [0.3, 0.4) is 0 Å². The lowest BCUT2D eigenvalue weighted by atomic mass is 9.87. The number of amides is 2. The summed E-state index contributed by atoms with van der Waals surface area (Å²) in [7, 11) is 3.20. The van der Waals surface area contributed by atoms with E-state index in [2.05, 4.69) is 27.9 Å². The van der Waals surface area contributed by atoms with Crippen LogP contribution in [0.2, 0.25) is 0 Å². The van der Waals surface area contributed by atoms with Gasteiger partial charge >= 0.3 is 0 Å². The Morgan fingerprint density at radius 2 is 1.83 bits per heavy atom. The minimum absolute atomic E-state index is 0.0153. The fraction of sp³-hybridized carbons (Fsp3) is 0.484. The third-order valence-corrected chi connectivity index (χ3v) is 8.70. The van der Waals surface area contributed by atoms with Crippen LogP contribution in [0.25, 0.3) is 0 Å². The molecule has 0 aromatic heterocycles. The zero-order chi connectivity index (χ0) is 29.4. The highest BCUT2D eigenvalue weighted by atomic mass is 127. The number of rotatable bonds is 12. The molecule has 1 fully saturated rings. The highest BCUT2D eigenvalue weighted by molar-refractivity contribution is 14.1. The number of aliphatic hydroxyl groups excluding tert-OH is 2. The van der Waals surface area contributed by atoms with Crippen molar-refractivity contribution in [2.75, 3.05) is 33.9 Å². The molecule has 2 amide bonds. The van der Waals surface area contributed by atoms with Crippen molar-refractivity contribution in [3.05, 3.63) is 63.2 Å². The van der Waals surface area contributed by atoms with Crippen molar-refractivity contribution in [3.63, 3.8) is 0 Å². The predicted octanol–water partition coefficient (Wildman–Crippen LogP) is 3.49. The van der Waals surface area contributed by atoms with Gasteiger partial charge in [-0.25, -0.2) is 0 Å². The van der Waals surface area contributed by atoms with Gasteiger partial charge in [-0.2, -0.15) is 0 Å². The number of aliphatic hydroxyl groups is 2. The van der Waals surface area contributed by atoms with Crippen LogP contribution in [0, 0.1) is 9.49 Å². The fourth-order valence-corrected chi connectivity index (χ4v) is 6.15. The molecule has 2 aliphatic rings. The summed E-state index contributed by atoms with van der Waals surface area (Å²) in [5.74, 6) is 1.46. The average molecular weight is 679 g/mol. The third-order valence-electron chi connectivity index (χ3n) is 7.81. The Kier molecular flexibility index (Phi) is 11.3. The lowest BCUT2D eigenvalue weighted by molar-refractivity contribution is -0.142. The van der Waals surface area contributed by atoms with Crippen molar-refractivity contribution in [2.45, 2.75) is 56.8 Å². The highest BCUT2D eigenvalue weighted by Crippen LogP contribution is 2.34. The van der Waals surface area contributed by atoms with Crippen LogP contribution in [0.15, 0.2) is 54.1 Å². The van der Waals surface area contributed by atoms with Gasteiger partial charge in [0.15, 0.2) is 0 Å². The standard InChI is InChI=1S/C31H39IN2O7/c1-39-23-11-12-26(40-2)21(17-23)13-15-34(31(38)20-7-3-4-8-20)25-18-22(30(37)33-14-16-35)19-28(29(25)36)41-27-10-6-5-9-24(27)32/h5-6,9-12,17,19-20,25,28-29,35-36H,3-4,7-8,13-16,18H2,1-2H3,(H,33,37). The van der Waals surface area contributed by atoms with E-state index >= 15 is 0 Å². The molecule has 3 unspecified atom stereocenters. The molecule has 0 aliphatic heterocycles. The Hall–Kier alpha value is -2.83. The Balaban J connectivity index is 1.67. The van der Waals surface area contributed by atoms with Crippen LogP contribution in [0.4, 0.5) is 0 Å². The minimum atomic E-state index is -1.07. The van der Waals surface area contributed by atoms with Gasteiger partial charge in [-0.3, -0.25) is 9.59 Å². The first-order valence-corrected chi connectivity index (χ1v) is 15.1. The van der Waals surface area contributed by atoms with Gasteiger partial charge < -0.3 is 34.6 Å². The molecule has 1 saturated carbocycles. The predicted molar refractivity (Wildman–Crippen MR) is 163 cm³/mol. The second-order valence-electron chi connectivity index (χ2n) is 10.4. The number of methoxy groups -OCH3 is 2. The normalized spacial score (nSPS) is 20.7. The summed E-state index contributed by atoms with van der Waals surface area (Å²) in [6, 6.07) is 12.3. The quantitative estimate of drug-likeness (QED) is 0.295. The monoisotopic (exact) mass is 678 g/mol. The van der Waals surface area contributed by atoms with Gasteiger partial charge in [-0.1, -0.05) is 25.0 Å². The molecular weight excluding hydrogens is 639 g/mol. The first-order chi connectivity index (χ1) is 19.9. The number of halogens is 1. The topological polar surface area (TPSA) is 118 Å². The van der Waals surface area contributed by atoms with Crippen LogP contribution in [0.5, 0.6) is 17.2 Å². The molecule has 41 heavy (non-hydrogen) atoms. The number of para-hydroxylation sites is 1. The number of carbonyl (C=O) groups excluding carboxylic acids is 2. The number of carbonyl (C=O) groups is 2. The van der Waals surface area contributed by atoms with E-state index in [-0.39, 0.29) is 37.3 Å². The van der Waals surface area contributed by atoms with Crippen LogP contribution in [0.1, 0.15) is 37.7 Å². The van der Waals surface area contributed by atoms with E-state index in [0.717, 1.165) is 34.8 Å². The molecule has 2 aliphatic carbocycles. The molecule has 10 heteroatoms. The second kappa shape index (κ2) is 14.9. The molecule has 3 atom stereocenters. The van der Waals surface area contributed by atoms with Gasteiger partial charge in [0.1, 0.15) is 29.5 Å². The van der Waals surface area contributed by atoms with Gasteiger partial charge in [0.25, 0.3) is 0 Å². The van der Waals surface area contributed by atoms with Crippen LogP contribution in [-0.2, 0) is 16.0 Å². The maximum Gasteiger partial charge on any atom is 0.247 e. The Morgan fingerprint density at radius 3 is 2.51 bits per heavy atom. The van der Waals surface area contributed by atoms with E-state index in [1.165, 1.54) is 0 Å². The SMILES string of the molecule is COc1ccc(OC)c(CCN(C(=O)C2CCCC2)C2CC(C(=O)NCCO)=CC(Oc3ccccc3I)C2O)c1. The molecule has 4 rings (SSSR count). The van der Waals surface area contributed by atoms with Crippen molar-refractivity contribution in [2.24, 2.45) is 5.92 Å². The molecule has 2 aromatic rings. The molecule has 0 saturated heterocycles. The number of nitrogens with zero attached hydrogens (tertiary/aromatic N) is 1. The third kappa shape index (κ3) is 7.72. The summed E-state index contributed by atoms with van der Waals surface area (Å²) in [6.07, 6.45) is 3.95. The van der Waals surface area contributed by atoms with Gasteiger partial charge in [0, 0.05) is 31.0 Å². The van der Waals surface area contributed by atoms with Crippen molar-refractivity contribution in [3.8, 4) is 17.2 Å². The number of ether oxygens (including phenoxy) is 3. The number of nitrogens with one attached hydrogen (secondary N) is 1. The molecule has 2 aromatic carbocycles. The molecule has 9 nitrogen and oxygen atoms in total. The van der Waals surface area contributed by atoms with E-state index in [9.17, 15) is 19.8 Å². The second-order valence-corrected chi connectivity index (χ2v) is 11.5.